The SMILES string of the molecule is CC1(C)Cc2cc(CN3CCO[C@H](c4cccc(-c5cccc(C(N)=O)c5)n4)C3)ccc2O1. The van der Waals surface area contributed by atoms with Crippen LogP contribution >= 0.6 is 0 Å². The number of amides is 1. The zero-order valence-corrected chi connectivity index (χ0v) is 19.1. The van der Waals surface area contributed by atoms with E-state index in [0.717, 1.165) is 48.8 Å². The molecule has 0 aliphatic carbocycles. The van der Waals surface area contributed by atoms with E-state index < -0.39 is 5.91 Å². The summed E-state index contributed by atoms with van der Waals surface area (Å²) in [6.45, 7) is 7.45. The first kappa shape index (κ1) is 21.6. The van der Waals surface area contributed by atoms with Crippen molar-refractivity contribution in [1.29, 1.82) is 0 Å². The monoisotopic (exact) mass is 443 g/mol. The molecule has 0 bridgehead atoms. The molecule has 6 nitrogen and oxygen atoms in total. The Kier molecular flexibility index (Phi) is 5.64. The van der Waals surface area contributed by atoms with Gasteiger partial charge in [-0.15, -0.1) is 0 Å². The lowest BCUT2D eigenvalue weighted by Gasteiger charge is -2.32. The molecular formula is C27H29N3O3. The molecule has 1 saturated heterocycles. The topological polar surface area (TPSA) is 77.7 Å². The van der Waals surface area contributed by atoms with Crippen molar-refractivity contribution >= 4 is 5.91 Å². The summed E-state index contributed by atoms with van der Waals surface area (Å²) in [4.78, 5) is 18.8. The summed E-state index contributed by atoms with van der Waals surface area (Å²) in [7, 11) is 0. The Morgan fingerprint density at radius 1 is 1.15 bits per heavy atom. The number of nitrogens with two attached hydrogens (primary N) is 1. The quantitative estimate of drug-likeness (QED) is 0.641. The van der Waals surface area contributed by atoms with Crippen LogP contribution in [0.15, 0.2) is 60.7 Å². The maximum atomic E-state index is 11.5. The maximum Gasteiger partial charge on any atom is 0.248 e. The smallest absolute Gasteiger partial charge is 0.248 e. The van der Waals surface area contributed by atoms with E-state index in [2.05, 4.69) is 36.9 Å². The fourth-order valence-electron chi connectivity index (χ4n) is 4.67. The van der Waals surface area contributed by atoms with Crippen LogP contribution in [0.3, 0.4) is 0 Å². The summed E-state index contributed by atoms with van der Waals surface area (Å²) < 4.78 is 12.1. The lowest BCUT2D eigenvalue weighted by molar-refractivity contribution is -0.0349. The van der Waals surface area contributed by atoms with Crippen LogP contribution in [0.1, 0.15) is 47.1 Å². The third kappa shape index (κ3) is 4.77. The lowest BCUT2D eigenvalue weighted by Crippen LogP contribution is -2.38. The van der Waals surface area contributed by atoms with Crippen LogP contribution in [0.5, 0.6) is 5.75 Å². The van der Waals surface area contributed by atoms with Crippen LogP contribution in [0.25, 0.3) is 11.3 Å². The molecule has 5 rings (SSSR count). The highest BCUT2D eigenvalue weighted by Gasteiger charge is 2.30. The highest BCUT2D eigenvalue weighted by molar-refractivity contribution is 5.94. The van der Waals surface area contributed by atoms with Crippen LogP contribution in [0.4, 0.5) is 0 Å². The summed E-state index contributed by atoms with van der Waals surface area (Å²) in [5, 5.41) is 0. The largest absolute Gasteiger partial charge is 0.487 e. The van der Waals surface area contributed by atoms with Gasteiger partial charge < -0.3 is 15.2 Å². The molecule has 0 radical (unpaired) electrons. The van der Waals surface area contributed by atoms with E-state index in [1.807, 2.05) is 30.3 Å². The number of carbonyl (C=O) groups excluding carboxylic acids is 1. The number of ether oxygens (including phenoxy) is 2. The number of hydrogen-bond acceptors (Lipinski definition) is 5. The predicted octanol–water partition coefficient (Wildman–Crippen LogP) is 4.13. The number of rotatable bonds is 5. The van der Waals surface area contributed by atoms with E-state index in [1.165, 1.54) is 11.1 Å². The number of pyridine rings is 1. The van der Waals surface area contributed by atoms with Gasteiger partial charge in [0.1, 0.15) is 17.5 Å². The summed E-state index contributed by atoms with van der Waals surface area (Å²) in [5.74, 6) is 0.561. The van der Waals surface area contributed by atoms with Gasteiger partial charge >= 0.3 is 0 Å². The van der Waals surface area contributed by atoms with Crippen LogP contribution in [0, 0.1) is 0 Å². The minimum atomic E-state index is -0.444. The Bertz CT molecular complexity index is 1190. The van der Waals surface area contributed by atoms with Crippen molar-refractivity contribution in [3.63, 3.8) is 0 Å². The van der Waals surface area contributed by atoms with Crippen molar-refractivity contribution in [3.05, 3.63) is 83.0 Å². The van der Waals surface area contributed by atoms with Gasteiger partial charge in [-0.1, -0.05) is 30.3 Å². The molecule has 6 heteroatoms. The zero-order valence-electron chi connectivity index (χ0n) is 19.1. The summed E-state index contributed by atoms with van der Waals surface area (Å²) in [6, 6.07) is 19.7. The normalized spacial score (nSPS) is 19.6. The maximum absolute atomic E-state index is 11.5. The Labute approximate surface area is 194 Å². The van der Waals surface area contributed by atoms with Crippen LogP contribution in [-0.2, 0) is 17.7 Å². The van der Waals surface area contributed by atoms with Gasteiger partial charge in [0.25, 0.3) is 0 Å². The van der Waals surface area contributed by atoms with Gasteiger partial charge in [-0.25, -0.2) is 0 Å². The standard InChI is InChI=1S/C27H29N3O3/c1-27(2)15-21-13-18(9-10-24(21)33-27)16-30-11-12-32-25(17-30)23-8-4-7-22(29-23)19-5-3-6-20(14-19)26(28)31/h3-10,13-14,25H,11-12,15-17H2,1-2H3,(H2,28,31)/t25-/m0/s1. The van der Waals surface area contributed by atoms with Gasteiger partial charge in [0.05, 0.1) is 18.0 Å². The van der Waals surface area contributed by atoms with Crippen molar-refractivity contribution in [3.8, 4) is 17.0 Å². The van der Waals surface area contributed by atoms with Gasteiger partial charge in [0, 0.05) is 37.2 Å². The zero-order chi connectivity index (χ0) is 23.0. The molecule has 3 heterocycles. The number of primary amides is 1. The van der Waals surface area contributed by atoms with E-state index >= 15 is 0 Å². The third-order valence-corrected chi connectivity index (χ3v) is 6.23. The molecule has 1 fully saturated rings. The fraction of sp³-hybridized carbons (Fsp3) is 0.333. The molecule has 0 unspecified atom stereocenters. The molecule has 2 N–H and O–H groups in total. The number of morpholine rings is 1. The van der Waals surface area contributed by atoms with Crippen LogP contribution in [-0.4, -0.2) is 41.1 Å². The molecule has 0 spiro atoms. The number of aromatic nitrogens is 1. The van der Waals surface area contributed by atoms with Crippen LogP contribution in [0.2, 0.25) is 0 Å². The van der Waals surface area contributed by atoms with E-state index in [0.29, 0.717) is 12.2 Å². The van der Waals surface area contributed by atoms with Gasteiger partial charge in [-0.2, -0.15) is 0 Å². The summed E-state index contributed by atoms with van der Waals surface area (Å²) in [6.07, 6.45) is 0.838. The van der Waals surface area contributed by atoms with Gasteiger partial charge in [-0.05, 0) is 55.3 Å². The Morgan fingerprint density at radius 3 is 2.85 bits per heavy atom. The van der Waals surface area contributed by atoms with Crippen molar-refractivity contribution in [2.24, 2.45) is 5.73 Å². The number of hydrogen-bond donors (Lipinski definition) is 1. The van der Waals surface area contributed by atoms with Gasteiger partial charge in [0.2, 0.25) is 5.91 Å². The first-order chi connectivity index (χ1) is 15.9. The molecule has 33 heavy (non-hydrogen) atoms. The minimum Gasteiger partial charge on any atom is -0.487 e. The molecule has 3 aromatic rings. The molecule has 2 aromatic carbocycles. The first-order valence-corrected chi connectivity index (χ1v) is 11.4. The molecule has 0 saturated carbocycles. The Balaban J connectivity index is 1.30. The van der Waals surface area contributed by atoms with Crippen LogP contribution < -0.4 is 10.5 Å². The number of nitrogens with zero attached hydrogens (tertiary/aromatic N) is 2. The second kappa shape index (κ2) is 8.61. The third-order valence-electron chi connectivity index (χ3n) is 6.23. The molecule has 1 atom stereocenters. The second-order valence-electron chi connectivity index (χ2n) is 9.47. The summed E-state index contributed by atoms with van der Waals surface area (Å²) in [5.41, 5.74) is 10.9. The Morgan fingerprint density at radius 2 is 2.00 bits per heavy atom. The first-order valence-electron chi connectivity index (χ1n) is 11.4. The lowest BCUT2D eigenvalue weighted by atomic mass is 10.00. The number of carbonyl (C=O) groups is 1. The predicted molar refractivity (Wildman–Crippen MR) is 127 cm³/mol. The van der Waals surface area contributed by atoms with Gasteiger partial charge in [-0.3, -0.25) is 14.7 Å². The molecule has 1 amide bonds. The van der Waals surface area contributed by atoms with Crippen molar-refractivity contribution in [1.82, 2.24) is 9.88 Å². The average molecular weight is 444 g/mol. The van der Waals surface area contributed by atoms with E-state index in [1.54, 1.807) is 12.1 Å². The molecule has 1 aromatic heterocycles. The van der Waals surface area contributed by atoms with Crippen molar-refractivity contribution in [2.75, 3.05) is 19.7 Å². The van der Waals surface area contributed by atoms with Crippen molar-refractivity contribution in [2.45, 2.75) is 38.5 Å². The average Bonchev–Trinajstić information content (AvgIpc) is 3.12. The molecule has 170 valence electrons. The fourth-order valence-corrected chi connectivity index (χ4v) is 4.67. The van der Waals surface area contributed by atoms with E-state index in [-0.39, 0.29) is 11.7 Å². The summed E-state index contributed by atoms with van der Waals surface area (Å²) >= 11 is 0. The number of benzene rings is 2. The van der Waals surface area contributed by atoms with E-state index in [9.17, 15) is 4.79 Å². The van der Waals surface area contributed by atoms with Crippen molar-refractivity contribution < 1.29 is 14.3 Å². The second-order valence-corrected chi connectivity index (χ2v) is 9.47. The highest BCUT2D eigenvalue weighted by atomic mass is 16.5. The van der Waals surface area contributed by atoms with E-state index in [4.69, 9.17) is 20.2 Å². The molecular weight excluding hydrogens is 414 g/mol. The minimum absolute atomic E-state index is 0.102. The molecule has 2 aliphatic heterocycles. The Hall–Kier alpha value is -3.22. The number of fused-ring (bicyclic) bond motifs is 1. The highest BCUT2D eigenvalue weighted by Crippen LogP contribution is 2.35. The van der Waals surface area contributed by atoms with Gasteiger partial charge in [0.15, 0.2) is 0 Å². The molecule has 2 aliphatic rings.